The van der Waals surface area contributed by atoms with E-state index in [0.717, 1.165) is 34.2 Å². The molecular weight excluding hydrogens is 309 g/mol. The van der Waals surface area contributed by atoms with Gasteiger partial charge in [0.1, 0.15) is 11.5 Å². The molecule has 116 valence electrons. The third-order valence-corrected chi connectivity index (χ3v) is 5.45. The van der Waals surface area contributed by atoms with E-state index in [1.807, 2.05) is 29.6 Å². The quantitative estimate of drug-likeness (QED) is 0.636. The molecule has 2 nitrogen and oxygen atoms in total. The molecule has 1 aromatic heterocycles. The van der Waals surface area contributed by atoms with Gasteiger partial charge in [-0.15, -0.1) is 11.3 Å². The molecule has 1 aliphatic heterocycles. The molecule has 0 saturated carbocycles. The largest absolute Gasteiger partial charge is 0.335 e. The Morgan fingerprint density at radius 1 is 1.17 bits per heavy atom. The van der Waals surface area contributed by atoms with Crippen LogP contribution in [0.4, 0.5) is 15.8 Å². The molecule has 23 heavy (non-hydrogen) atoms. The van der Waals surface area contributed by atoms with Gasteiger partial charge in [0.25, 0.3) is 0 Å². The summed E-state index contributed by atoms with van der Waals surface area (Å²) in [6.07, 6.45) is 1.75. The fourth-order valence-electron chi connectivity index (χ4n) is 3.32. The molecule has 1 aliphatic rings. The minimum Gasteiger partial charge on any atom is -0.335 e. The summed E-state index contributed by atoms with van der Waals surface area (Å²) < 4.78 is 14.5. The highest BCUT2D eigenvalue weighted by Crippen LogP contribution is 2.37. The zero-order valence-corrected chi connectivity index (χ0v) is 13.6. The number of aryl methyl sites for hydroxylation is 1. The van der Waals surface area contributed by atoms with Crippen LogP contribution < -0.4 is 10.3 Å². The van der Waals surface area contributed by atoms with Gasteiger partial charge in [0.05, 0.1) is 0 Å². The maximum absolute atomic E-state index is 13.5. The van der Waals surface area contributed by atoms with Crippen molar-refractivity contribution in [2.45, 2.75) is 25.8 Å². The number of halogens is 1. The Labute approximate surface area is 137 Å². The maximum Gasteiger partial charge on any atom is 0.211 e. The fraction of sp³-hybridized carbons (Fsp3) is 0.211. The molecular formula is C19H16FNOS. The standard InChI is InChI=1S/C19H16FNOS/c1-12-6-7-13-10-14(20)8-9-16(13)21(12)17-11-23-18-5-3-2-4-15(18)19(17)22/h2-5,8-12H,6-7H2,1H3/t12-/m0/s1. The molecule has 0 unspecified atom stereocenters. The summed E-state index contributed by atoms with van der Waals surface area (Å²) in [4.78, 5) is 15.0. The Morgan fingerprint density at radius 2 is 2.00 bits per heavy atom. The number of benzene rings is 2. The average Bonchev–Trinajstić information content (AvgIpc) is 2.56. The summed E-state index contributed by atoms with van der Waals surface area (Å²) in [5, 5.41) is 2.68. The highest BCUT2D eigenvalue weighted by atomic mass is 32.1. The van der Waals surface area contributed by atoms with Crippen molar-refractivity contribution in [3.63, 3.8) is 0 Å². The first-order chi connectivity index (χ1) is 11.1. The Balaban J connectivity index is 1.94. The summed E-state index contributed by atoms with van der Waals surface area (Å²) in [6.45, 7) is 2.12. The van der Waals surface area contributed by atoms with E-state index in [1.54, 1.807) is 23.5 Å². The van der Waals surface area contributed by atoms with Crippen LogP contribution in [-0.2, 0) is 6.42 Å². The molecule has 2 aromatic carbocycles. The van der Waals surface area contributed by atoms with Crippen LogP contribution in [0.25, 0.3) is 10.1 Å². The number of anilines is 2. The minimum atomic E-state index is -0.220. The molecule has 0 amide bonds. The lowest BCUT2D eigenvalue weighted by Gasteiger charge is -2.36. The smallest absolute Gasteiger partial charge is 0.211 e. The van der Waals surface area contributed by atoms with Crippen LogP contribution in [0.5, 0.6) is 0 Å². The number of hydrogen-bond donors (Lipinski definition) is 0. The fourth-order valence-corrected chi connectivity index (χ4v) is 4.23. The first kappa shape index (κ1) is 14.4. The molecule has 1 atom stereocenters. The second kappa shape index (κ2) is 5.46. The SMILES string of the molecule is C[C@H]1CCc2cc(F)ccc2N1c1csc2ccccc2c1=O. The van der Waals surface area contributed by atoms with Gasteiger partial charge in [-0.25, -0.2) is 4.39 Å². The lowest BCUT2D eigenvalue weighted by atomic mass is 9.96. The van der Waals surface area contributed by atoms with Gasteiger partial charge in [-0.05, 0) is 55.7 Å². The second-order valence-corrected chi connectivity index (χ2v) is 6.89. The lowest BCUT2D eigenvalue weighted by molar-refractivity contribution is 0.598. The van der Waals surface area contributed by atoms with Crippen molar-refractivity contribution in [3.05, 3.63) is 69.4 Å². The van der Waals surface area contributed by atoms with Gasteiger partial charge in [0, 0.05) is 27.2 Å². The predicted molar refractivity (Wildman–Crippen MR) is 94.4 cm³/mol. The van der Waals surface area contributed by atoms with Crippen molar-refractivity contribution in [2.75, 3.05) is 4.90 Å². The van der Waals surface area contributed by atoms with Crippen LogP contribution >= 0.6 is 11.3 Å². The van der Waals surface area contributed by atoms with Gasteiger partial charge >= 0.3 is 0 Å². The van der Waals surface area contributed by atoms with Gasteiger partial charge in [0.15, 0.2) is 0 Å². The molecule has 3 aromatic rings. The summed E-state index contributed by atoms with van der Waals surface area (Å²) >= 11 is 1.58. The maximum atomic E-state index is 13.5. The van der Waals surface area contributed by atoms with E-state index in [0.29, 0.717) is 5.69 Å². The summed E-state index contributed by atoms with van der Waals surface area (Å²) in [7, 11) is 0. The van der Waals surface area contributed by atoms with Crippen molar-refractivity contribution in [3.8, 4) is 0 Å². The van der Waals surface area contributed by atoms with E-state index in [2.05, 4.69) is 11.8 Å². The van der Waals surface area contributed by atoms with E-state index >= 15 is 0 Å². The molecule has 0 spiro atoms. The molecule has 0 saturated heterocycles. The predicted octanol–water partition coefficient (Wildman–Crippen LogP) is 4.87. The summed E-state index contributed by atoms with van der Waals surface area (Å²) in [5.41, 5.74) is 2.66. The number of hydrogen-bond acceptors (Lipinski definition) is 3. The molecule has 2 heterocycles. The third-order valence-electron chi connectivity index (χ3n) is 4.49. The van der Waals surface area contributed by atoms with Gasteiger partial charge in [-0.1, -0.05) is 12.1 Å². The van der Waals surface area contributed by atoms with Crippen molar-refractivity contribution in [1.82, 2.24) is 0 Å². The van der Waals surface area contributed by atoms with Gasteiger partial charge in [0.2, 0.25) is 5.43 Å². The van der Waals surface area contributed by atoms with E-state index < -0.39 is 0 Å². The number of nitrogens with zero attached hydrogens (tertiary/aromatic N) is 1. The van der Waals surface area contributed by atoms with E-state index in [-0.39, 0.29) is 17.3 Å². The van der Waals surface area contributed by atoms with Gasteiger partial charge in [-0.3, -0.25) is 4.79 Å². The Kier molecular flexibility index (Phi) is 3.42. The molecule has 0 aliphatic carbocycles. The van der Waals surface area contributed by atoms with Crippen molar-refractivity contribution in [1.29, 1.82) is 0 Å². The molecule has 4 heteroatoms. The van der Waals surface area contributed by atoms with Crippen LogP contribution in [0, 0.1) is 5.82 Å². The van der Waals surface area contributed by atoms with E-state index in [4.69, 9.17) is 0 Å². The topological polar surface area (TPSA) is 20.3 Å². The normalized spacial score (nSPS) is 17.3. The Morgan fingerprint density at radius 3 is 2.87 bits per heavy atom. The monoisotopic (exact) mass is 325 g/mol. The van der Waals surface area contributed by atoms with Gasteiger partial charge < -0.3 is 4.90 Å². The highest BCUT2D eigenvalue weighted by Gasteiger charge is 2.26. The Hall–Kier alpha value is -2.20. The van der Waals surface area contributed by atoms with Crippen molar-refractivity contribution < 1.29 is 4.39 Å². The number of rotatable bonds is 1. The first-order valence-electron chi connectivity index (χ1n) is 7.73. The van der Waals surface area contributed by atoms with E-state index in [9.17, 15) is 9.18 Å². The van der Waals surface area contributed by atoms with Crippen molar-refractivity contribution in [2.24, 2.45) is 0 Å². The molecule has 0 fully saturated rings. The molecule has 0 bridgehead atoms. The zero-order valence-electron chi connectivity index (χ0n) is 12.8. The van der Waals surface area contributed by atoms with Crippen LogP contribution in [0.15, 0.2) is 52.6 Å². The van der Waals surface area contributed by atoms with Crippen molar-refractivity contribution >= 4 is 32.8 Å². The minimum absolute atomic E-state index is 0.0448. The molecule has 0 N–H and O–H groups in total. The first-order valence-corrected chi connectivity index (χ1v) is 8.61. The van der Waals surface area contributed by atoms with Crippen LogP contribution in [-0.4, -0.2) is 6.04 Å². The molecule has 4 rings (SSSR count). The lowest BCUT2D eigenvalue weighted by Crippen LogP contribution is -2.36. The van der Waals surface area contributed by atoms with E-state index in [1.165, 1.54) is 6.07 Å². The summed E-state index contributed by atoms with van der Waals surface area (Å²) in [6, 6.07) is 12.7. The number of fused-ring (bicyclic) bond motifs is 2. The summed E-state index contributed by atoms with van der Waals surface area (Å²) in [5.74, 6) is -0.220. The van der Waals surface area contributed by atoms with Crippen LogP contribution in [0.1, 0.15) is 18.9 Å². The molecule has 0 radical (unpaired) electrons. The Bertz CT molecular complexity index is 949. The van der Waals surface area contributed by atoms with Crippen LogP contribution in [0.2, 0.25) is 0 Å². The zero-order chi connectivity index (χ0) is 16.0. The van der Waals surface area contributed by atoms with Crippen LogP contribution in [0.3, 0.4) is 0 Å². The average molecular weight is 325 g/mol. The van der Waals surface area contributed by atoms with Gasteiger partial charge in [-0.2, -0.15) is 0 Å². The second-order valence-electron chi connectivity index (χ2n) is 5.98. The highest BCUT2D eigenvalue weighted by molar-refractivity contribution is 7.16. The third kappa shape index (κ3) is 2.34.